The van der Waals surface area contributed by atoms with Crippen LogP contribution in [-0.4, -0.2) is 15.0 Å². The first-order chi connectivity index (χ1) is 13.8. The van der Waals surface area contributed by atoms with Gasteiger partial charge in [-0.25, -0.2) is 9.97 Å². The first-order valence-electron chi connectivity index (χ1n) is 8.64. The highest BCUT2D eigenvalue weighted by molar-refractivity contribution is 7.18. The van der Waals surface area contributed by atoms with E-state index in [2.05, 4.69) is 15.0 Å². The molecule has 0 bridgehead atoms. The number of benzene rings is 1. The van der Waals surface area contributed by atoms with E-state index >= 15 is 0 Å². The van der Waals surface area contributed by atoms with Crippen molar-refractivity contribution >= 4 is 17.3 Å². The first kappa shape index (κ1) is 19.1. The van der Waals surface area contributed by atoms with E-state index in [0.717, 1.165) is 44.4 Å². The van der Waals surface area contributed by atoms with Gasteiger partial charge in [-0.2, -0.15) is 13.2 Å². The van der Waals surface area contributed by atoms with Crippen molar-refractivity contribution in [3.63, 3.8) is 0 Å². The summed E-state index contributed by atoms with van der Waals surface area (Å²) in [5.41, 5.74) is 8.77. The Morgan fingerprint density at radius 2 is 1.48 bits per heavy atom. The van der Waals surface area contributed by atoms with E-state index in [1.807, 2.05) is 31.2 Å². The van der Waals surface area contributed by atoms with E-state index in [1.54, 1.807) is 12.4 Å². The van der Waals surface area contributed by atoms with Crippen LogP contribution in [0.5, 0.6) is 0 Å². The number of pyridine rings is 1. The number of nitrogens with two attached hydrogens (primary N) is 1. The Balaban J connectivity index is 1.68. The molecule has 0 fully saturated rings. The second kappa shape index (κ2) is 7.29. The van der Waals surface area contributed by atoms with Crippen molar-refractivity contribution in [2.24, 2.45) is 0 Å². The molecule has 0 radical (unpaired) electrons. The van der Waals surface area contributed by atoms with Crippen LogP contribution in [0, 0.1) is 6.92 Å². The Morgan fingerprint density at radius 1 is 0.828 bits per heavy atom. The number of rotatable bonds is 3. The Hall–Kier alpha value is -3.26. The zero-order valence-electron chi connectivity index (χ0n) is 15.2. The van der Waals surface area contributed by atoms with E-state index in [-0.39, 0.29) is 5.95 Å². The van der Waals surface area contributed by atoms with Crippen LogP contribution in [0.2, 0.25) is 0 Å². The molecule has 0 aliphatic carbocycles. The minimum Gasteiger partial charge on any atom is -0.368 e. The SMILES string of the molecule is Cc1cc(-c2ccc(C(F)(F)F)cc2)cc(-c2ccc(-c3cnc(N)nc3)s2)n1. The normalized spacial score (nSPS) is 11.6. The summed E-state index contributed by atoms with van der Waals surface area (Å²) in [6.07, 6.45) is -1.03. The number of alkyl halides is 3. The van der Waals surface area contributed by atoms with Gasteiger partial charge in [0.15, 0.2) is 0 Å². The monoisotopic (exact) mass is 412 g/mol. The third kappa shape index (κ3) is 4.12. The number of aromatic nitrogens is 3. The zero-order valence-corrected chi connectivity index (χ0v) is 16.1. The molecule has 0 amide bonds. The van der Waals surface area contributed by atoms with Gasteiger partial charge in [0.05, 0.1) is 16.1 Å². The maximum atomic E-state index is 12.8. The molecule has 8 heteroatoms. The Kier molecular flexibility index (Phi) is 4.79. The van der Waals surface area contributed by atoms with E-state index < -0.39 is 11.7 Å². The molecule has 29 heavy (non-hydrogen) atoms. The summed E-state index contributed by atoms with van der Waals surface area (Å²) in [7, 11) is 0. The maximum absolute atomic E-state index is 12.8. The van der Waals surface area contributed by atoms with Crippen LogP contribution in [0.15, 0.2) is 60.9 Å². The number of nitrogens with zero attached hydrogens (tertiary/aromatic N) is 3. The number of thiophene rings is 1. The Labute approximate surface area is 168 Å². The largest absolute Gasteiger partial charge is 0.416 e. The van der Waals surface area contributed by atoms with Gasteiger partial charge in [-0.1, -0.05) is 12.1 Å². The fourth-order valence-electron chi connectivity index (χ4n) is 2.91. The fraction of sp³-hybridized carbons (Fsp3) is 0.0952. The topological polar surface area (TPSA) is 64.7 Å². The van der Waals surface area contributed by atoms with E-state index in [9.17, 15) is 13.2 Å². The average molecular weight is 412 g/mol. The summed E-state index contributed by atoms with van der Waals surface area (Å²) in [5.74, 6) is 0.215. The number of anilines is 1. The van der Waals surface area contributed by atoms with Crippen molar-refractivity contribution in [2.75, 3.05) is 5.73 Å². The van der Waals surface area contributed by atoms with Gasteiger partial charge in [0.25, 0.3) is 0 Å². The zero-order chi connectivity index (χ0) is 20.6. The third-order valence-corrected chi connectivity index (χ3v) is 5.47. The lowest BCUT2D eigenvalue weighted by atomic mass is 10.0. The Bertz CT molecular complexity index is 1150. The van der Waals surface area contributed by atoms with Crippen molar-refractivity contribution in [3.8, 4) is 32.1 Å². The van der Waals surface area contributed by atoms with Gasteiger partial charge >= 0.3 is 6.18 Å². The summed E-state index contributed by atoms with van der Waals surface area (Å²) >= 11 is 1.53. The van der Waals surface area contributed by atoms with Gasteiger partial charge in [-0.05, 0) is 54.4 Å². The minimum absolute atomic E-state index is 0.215. The average Bonchev–Trinajstić information content (AvgIpc) is 3.18. The predicted octanol–water partition coefficient (Wildman–Crippen LogP) is 5.84. The van der Waals surface area contributed by atoms with Crippen LogP contribution in [0.1, 0.15) is 11.3 Å². The molecule has 4 aromatic rings. The second-order valence-corrected chi connectivity index (χ2v) is 7.54. The number of aryl methyl sites for hydroxylation is 1. The highest BCUT2D eigenvalue weighted by atomic mass is 32.1. The molecule has 0 spiro atoms. The summed E-state index contributed by atoms with van der Waals surface area (Å²) in [6, 6.07) is 12.8. The number of hydrogen-bond donors (Lipinski definition) is 1. The molecule has 2 N–H and O–H groups in total. The molecule has 3 heterocycles. The summed E-state index contributed by atoms with van der Waals surface area (Å²) in [4.78, 5) is 14.5. The lowest BCUT2D eigenvalue weighted by molar-refractivity contribution is -0.137. The van der Waals surface area contributed by atoms with Crippen LogP contribution in [0.25, 0.3) is 32.1 Å². The van der Waals surface area contributed by atoms with Gasteiger partial charge in [0.2, 0.25) is 5.95 Å². The highest BCUT2D eigenvalue weighted by Gasteiger charge is 2.30. The molecule has 0 saturated heterocycles. The molecule has 0 aliphatic heterocycles. The molecule has 0 unspecified atom stereocenters. The molecule has 1 aromatic carbocycles. The summed E-state index contributed by atoms with van der Waals surface area (Å²) in [5, 5.41) is 0. The van der Waals surface area contributed by atoms with Gasteiger partial charge in [-0.15, -0.1) is 11.3 Å². The van der Waals surface area contributed by atoms with Crippen molar-refractivity contribution in [3.05, 3.63) is 72.2 Å². The quantitative estimate of drug-likeness (QED) is 0.459. The molecule has 0 aliphatic rings. The van der Waals surface area contributed by atoms with Crippen LogP contribution in [-0.2, 0) is 6.18 Å². The number of halogens is 3. The van der Waals surface area contributed by atoms with Gasteiger partial charge in [0.1, 0.15) is 0 Å². The number of hydrogen-bond acceptors (Lipinski definition) is 5. The van der Waals surface area contributed by atoms with Gasteiger partial charge < -0.3 is 5.73 Å². The molecule has 3 aromatic heterocycles. The molecule has 4 nitrogen and oxygen atoms in total. The van der Waals surface area contributed by atoms with Crippen LogP contribution < -0.4 is 5.73 Å². The molecular weight excluding hydrogens is 397 g/mol. The van der Waals surface area contributed by atoms with E-state index in [0.29, 0.717) is 5.56 Å². The van der Waals surface area contributed by atoms with Crippen molar-refractivity contribution in [1.82, 2.24) is 15.0 Å². The second-order valence-electron chi connectivity index (χ2n) is 6.45. The van der Waals surface area contributed by atoms with Crippen LogP contribution in [0.3, 0.4) is 0 Å². The van der Waals surface area contributed by atoms with E-state index in [1.165, 1.54) is 23.5 Å². The number of nitrogen functional groups attached to an aromatic ring is 1. The third-order valence-electron chi connectivity index (χ3n) is 4.31. The van der Waals surface area contributed by atoms with Gasteiger partial charge in [0, 0.05) is 28.5 Å². The molecule has 0 saturated carbocycles. The standard InChI is InChI=1S/C21H15F3N4S/c1-12-8-14(13-2-4-16(5-3-13)21(22,23)24)9-17(28-12)19-7-6-18(29-19)15-10-26-20(25)27-11-15/h2-11H,1H3,(H2,25,26,27). The van der Waals surface area contributed by atoms with E-state index in [4.69, 9.17) is 5.73 Å². The van der Waals surface area contributed by atoms with Crippen molar-refractivity contribution in [1.29, 1.82) is 0 Å². The minimum atomic E-state index is -4.35. The lowest BCUT2D eigenvalue weighted by Gasteiger charge is -2.09. The molecule has 0 atom stereocenters. The summed E-state index contributed by atoms with van der Waals surface area (Å²) in [6.45, 7) is 1.86. The molecule has 146 valence electrons. The maximum Gasteiger partial charge on any atom is 0.416 e. The fourth-order valence-corrected chi connectivity index (χ4v) is 3.85. The van der Waals surface area contributed by atoms with Crippen LogP contribution >= 0.6 is 11.3 Å². The highest BCUT2D eigenvalue weighted by Crippen LogP contribution is 2.36. The van der Waals surface area contributed by atoms with Crippen molar-refractivity contribution < 1.29 is 13.2 Å². The predicted molar refractivity (Wildman–Crippen MR) is 108 cm³/mol. The summed E-state index contributed by atoms with van der Waals surface area (Å²) < 4.78 is 38.4. The smallest absolute Gasteiger partial charge is 0.368 e. The van der Waals surface area contributed by atoms with Gasteiger partial charge in [-0.3, -0.25) is 4.98 Å². The first-order valence-corrected chi connectivity index (χ1v) is 9.46. The molecule has 4 rings (SSSR count). The van der Waals surface area contributed by atoms with Crippen molar-refractivity contribution in [2.45, 2.75) is 13.1 Å². The lowest BCUT2D eigenvalue weighted by Crippen LogP contribution is -2.04. The Morgan fingerprint density at radius 3 is 2.14 bits per heavy atom. The molecular formula is C21H15F3N4S. The van der Waals surface area contributed by atoms with Crippen LogP contribution in [0.4, 0.5) is 19.1 Å².